The molecule has 0 aliphatic heterocycles. The number of anilines is 1. The van der Waals surface area contributed by atoms with Crippen molar-refractivity contribution >= 4 is 28.7 Å². The number of hydrogen-bond donors (Lipinski definition) is 3. The van der Waals surface area contributed by atoms with Crippen LogP contribution < -0.4 is 5.73 Å². The number of fused-ring (bicyclic) bond motifs is 1. The number of aromatic nitrogens is 8. The zero-order chi connectivity index (χ0) is 19.8. The van der Waals surface area contributed by atoms with Gasteiger partial charge in [0.25, 0.3) is 0 Å². The summed E-state index contributed by atoms with van der Waals surface area (Å²) in [6.45, 7) is 2.26. The van der Waals surface area contributed by atoms with Gasteiger partial charge in [-0.05, 0) is 37.7 Å². The van der Waals surface area contributed by atoms with Gasteiger partial charge in [-0.15, -0.1) is 5.10 Å². The predicted molar refractivity (Wildman–Crippen MR) is 112 cm³/mol. The fourth-order valence-electron chi connectivity index (χ4n) is 4.17. The lowest BCUT2D eigenvalue weighted by Crippen LogP contribution is -2.23. The van der Waals surface area contributed by atoms with Crippen molar-refractivity contribution < 1.29 is 0 Å². The number of thioether (sulfide) groups is 1. The van der Waals surface area contributed by atoms with Crippen molar-refractivity contribution in [2.24, 2.45) is 5.92 Å². The highest BCUT2D eigenvalue weighted by molar-refractivity contribution is 7.99. The van der Waals surface area contributed by atoms with Crippen LogP contribution in [-0.2, 0) is 0 Å². The van der Waals surface area contributed by atoms with Gasteiger partial charge in [0.1, 0.15) is 12.0 Å². The van der Waals surface area contributed by atoms with Gasteiger partial charge in [0, 0.05) is 28.6 Å². The van der Waals surface area contributed by atoms with E-state index in [-0.39, 0.29) is 0 Å². The lowest BCUT2D eigenvalue weighted by molar-refractivity contribution is 0.260. The van der Waals surface area contributed by atoms with Gasteiger partial charge in [-0.25, -0.2) is 15.1 Å². The molecular formula is C19H23N9S. The Bertz CT molecular complexity index is 1110. The van der Waals surface area contributed by atoms with Crippen LogP contribution in [0.2, 0.25) is 0 Å². The van der Waals surface area contributed by atoms with E-state index >= 15 is 0 Å². The molecule has 5 rings (SSSR count). The molecule has 150 valence electrons. The molecule has 0 spiro atoms. The minimum atomic E-state index is 0.374. The van der Waals surface area contributed by atoms with E-state index in [1.165, 1.54) is 12.8 Å². The van der Waals surface area contributed by atoms with Gasteiger partial charge < -0.3 is 10.7 Å². The topological polar surface area (TPSA) is 127 Å². The maximum absolute atomic E-state index is 5.62. The Morgan fingerprint density at radius 3 is 2.90 bits per heavy atom. The van der Waals surface area contributed by atoms with E-state index in [1.54, 1.807) is 18.1 Å². The first-order valence-corrected chi connectivity index (χ1v) is 10.7. The maximum Gasteiger partial charge on any atom is 0.216 e. The Morgan fingerprint density at radius 1 is 1.24 bits per heavy atom. The van der Waals surface area contributed by atoms with Crippen LogP contribution in [0.25, 0.3) is 22.3 Å². The standard InChI is InChI=1S/C19H23N9S/c1-11(29-19-25-18(20)26-27-19)12-2-4-14(5-3-12)28-9-13(8-24-28)16-15-6-7-21-17(15)23-10-22-16/h6-12,14H,2-5H2,1H3,(H,21,22,23)(H3,20,25,26,27). The van der Waals surface area contributed by atoms with Crippen LogP contribution in [0, 0.1) is 5.92 Å². The van der Waals surface area contributed by atoms with Crippen LogP contribution >= 0.6 is 11.8 Å². The Morgan fingerprint density at radius 2 is 2.10 bits per heavy atom. The SMILES string of the molecule is CC(Sc1n[nH]c(N)n1)C1CCC(n2cc(-c3ncnc4[nH]ccc34)cn2)CC1. The zero-order valence-electron chi connectivity index (χ0n) is 16.1. The molecule has 0 bridgehead atoms. The molecule has 4 aromatic rings. The summed E-state index contributed by atoms with van der Waals surface area (Å²) in [5, 5.41) is 13.7. The van der Waals surface area contributed by atoms with Crippen molar-refractivity contribution in [2.75, 3.05) is 5.73 Å². The van der Waals surface area contributed by atoms with Gasteiger partial charge in [-0.2, -0.15) is 10.1 Å². The van der Waals surface area contributed by atoms with E-state index < -0.39 is 0 Å². The summed E-state index contributed by atoms with van der Waals surface area (Å²) in [5.74, 6) is 1.02. The third-order valence-electron chi connectivity index (χ3n) is 5.78. The molecule has 9 nitrogen and oxygen atoms in total. The highest BCUT2D eigenvalue weighted by Gasteiger charge is 2.28. The summed E-state index contributed by atoms with van der Waals surface area (Å²) in [6.07, 6.45) is 12.1. The van der Waals surface area contributed by atoms with Crippen LogP contribution in [-0.4, -0.2) is 45.2 Å². The summed E-state index contributed by atoms with van der Waals surface area (Å²) >= 11 is 1.70. The molecule has 4 N–H and O–H groups in total. The summed E-state index contributed by atoms with van der Waals surface area (Å²) < 4.78 is 2.11. The third-order valence-corrected chi connectivity index (χ3v) is 6.93. The number of hydrogen-bond acceptors (Lipinski definition) is 7. The zero-order valence-corrected chi connectivity index (χ0v) is 16.9. The van der Waals surface area contributed by atoms with Gasteiger partial charge in [-0.3, -0.25) is 4.68 Å². The summed E-state index contributed by atoms with van der Waals surface area (Å²) in [7, 11) is 0. The molecule has 1 saturated carbocycles. The molecule has 1 aliphatic carbocycles. The number of nitrogens with two attached hydrogens (primary N) is 1. The molecule has 1 atom stereocenters. The van der Waals surface area contributed by atoms with Gasteiger partial charge in [0.15, 0.2) is 0 Å². The van der Waals surface area contributed by atoms with Crippen molar-refractivity contribution in [3.8, 4) is 11.3 Å². The first-order valence-electron chi connectivity index (χ1n) is 9.84. The summed E-state index contributed by atoms with van der Waals surface area (Å²) in [4.78, 5) is 16.1. The minimum Gasteiger partial charge on any atom is -0.368 e. The predicted octanol–water partition coefficient (Wildman–Crippen LogP) is 3.43. The smallest absolute Gasteiger partial charge is 0.216 e. The fraction of sp³-hybridized carbons (Fsp3) is 0.421. The van der Waals surface area contributed by atoms with Crippen LogP contribution in [0.5, 0.6) is 0 Å². The van der Waals surface area contributed by atoms with E-state index in [2.05, 4.69) is 53.0 Å². The van der Waals surface area contributed by atoms with Crippen LogP contribution in [0.3, 0.4) is 0 Å². The number of aromatic amines is 2. The molecule has 0 saturated heterocycles. The van der Waals surface area contributed by atoms with E-state index in [4.69, 9.17) is 5.73 Å². The molecule has 0 amide bonds. The van der Waals surface area contributed by atoms with E-state index in [0.717, 1.165) is 40.3 Å². The number of nitrogens with zero attached hydrogens (tertiary/aromatic N) is 6. The van der Waals surface area contributed by atoms with Gasteiger partial charge in [0.05, 0.1) is 17.9 Å². The molecule has 4 aromatic heterocycles. The Kier molecular flexibility index (Phi) is 4.70. The molecule has 29 heavy (non-hydrogen) atoms. The monoisotopic (exact) mass is 409 g/mol. The Balaban J connectivity index is 1.24. The van der Waals surface area contributed by atoms with Crippen molar-refractivity contribution in [1.29, 1.82) is 0 Å². The van der Waals surface area contributed by atoms with E-state index in [9.17, 15) is 0 Å². The first-order chi connectivity index (χ1) is 14.2. The molecule has 4 heterocycles. The lowest BCUT2D eigenvalue weighted by Gasteiger charge is -2.31. The number of nitrogens with one attached hydrogen (secondary N) is 2. The molecule has 1 aliphatic rings. The summed E-state index contributed by atoms with van der Waals surface area (Å²) in [5.41, 5.74) is 8.43. The van der Waals surface area contributed by atoms with Crippen LogP contribution in [0.4, 0.5) is 5.95 Å². The molecular weight excluding hydrogens is 386 g/mol. The van der Waals surface area contributed by atoms with Crippen molar-refractivity contribution in [3.63, 3.8) is 0 Å². The Labute approximate surface area is 171 Å². The number of nitrogen functional groups attached to an aromatic ring is 1. The van der Waals surface area contributed by atoms with Gasteiger partial charge >= 0.3 is 0 Å². The normalized spacial score (nSPS) is 20.9. The number of H-pyrrole nitrogens is 2. The van der Waals surface area contributed by atoms with E-state index in [0.29, 0.717) is 23.2 Å². The average molecular weight is 410 g/mol. The number of rotatable bonds is 5. The van der Waals surface area contributed by atoms with Crippen LogP contribution in [0.15, 0.2) is 36.1 Å². The molecule has 10 heteroatoms. The highest BCUT2D eigenvalue weighted by Crippen LogP contribution is 2.39. The van der Waals surface area contributed by atoms with Gasteiger partial charge in [-0.1, -0.05) is 18.7 Å². The van der Waals surface area contributed by atoms with Crippen LogP contribution in [0.1, 0.15) is 38.6 Å². The molecule has 0 aromatic carbocycles. The first kappa shape index (κ1) is 18.2. The molecule has 1 fully saturated rings. The summed E-state index contributed by atoms with van der Waals surface area (Å²) in [6, 6.07) is 2.44. The third kappa shape index (κ3) is 3.59. The van der Waals surface area contributed by atoms with Gasteiger partial charge in [0.2, 0.25) is 11.1 Å². The van der Waals surface area contributed by atoms with Crippen molar-refractivity contribution in [1.82, 2.24) is 39.9 Å². The highest BCUT2D eigenvalue weighted by atomic mass is 32.2. The second-order valence-corrected chi connectivity index (χ2v) is 8.91. The largest absolute Gasteiger partial charge is 0.368 e. The minimum absolute atomic E-state index is 0.374. The average Bonchev–Trinajstić information content (AvgIpc) is 3.48. The Hall–Kier alpha value is -2.88. The quantitative estimate of drug-likeness (QED) is 0.431. The van der Waals surface area contributed by atoms with Crippen molar-refractivity contribution in [3.05, 3.63) is 31.0 Å². The second-order valence-electron chi connectivity index (χ2n) is 7.57. The molecule has 1 unspecified atom stereocenters. The molecule has 0 radical (unpaired) electrons. The maximum atomic E-state index is 5.62. The van der Waals surface area contributed by atoms with E-state index in [1.807, 2.05) is 18.5 Å². The van der Waals surface area contributed by atoms with Crippen molar-refractivity contribution in [2.45, 2.75) is 49.1 Å². The second kappa shape index (κ2) is 7.51. The fourth-order valence-corrected chi connectivity index (χ4v) is 5.22. The lowest BCUT2D eigenvalue weighted by atomic mass is 9.84.